The lowest BCUT2D eigenvalue weighted by Gasteiger charge is -2.20. The molecule has 346 valence electrons. The van der Waals surface area contributed by atoms with Gasteiger partial charge in [-0.25, -0.2) is 0 Å². The molecule has 3 heteroatoms. The van der Waals surface area contributed by atoms with Crippen LogP contribution in [0.3, 0.4) is 0 Å². The first kappa shape index (κ1) is 54.1. The number of benzene rings is 2. The van der Waals surface area contributed by atoms with Crippen molar-refractivity contribution in [1.82, 2.24) is 0 Å². The van der Waals surface area contributed by atoms with Gasteiger partial charge in [0.1, 0.15) is 11.5 Å². The van der Waals surface area contributed by atoms with Gasteiger partial charge in [0.05, 0.1) is 18.2 Å². The molecule has 0 bridgehead atoms. The van der Waals surface area contributed by atoms with E-state index in [0.29, 0.717) is 12.2 Å². The van der Waals surface area contributed by atoms with Crippen molar-refractivity contribution in [3.05, 3.63) is 59.7 Å². The summed E-state index contributed by atoms with van der Waals surface area (Å²) in [5.41, 5.74) is 9.02. The first-order valence-electron chi connectivity index (χ1n) is 26.9. The van der Waals surface area contributed by atoms with Gasteiger partial charge in [0.15, 0.2) is 0 Å². The van der Waals surface area contributed by atoms with Gasteiger partial charge in [-0.05, 0) is 73.9 Å². The highest BCUT2D eigenvalue weighted by Gasteiger charge is 2.14. The highest BCUT2D eigenvalue weighted by Crippen LogP contribution is 2.27. The summed E-state index contributed by atoms with van der Waals surface area (Å²) in [4.78, 5) is 0. The molecule has 2 N–H and O–H groups in total. The standard InChI is InChI=1S/C57H101NO2/c1-5-9-11-13-15-17-19-21-23-25-27-29-31-33-35-37-41-53(39-7-3)59-55-47-43-51(44-48-55)57(58)52-45-49-56(50-46-52)60-54(40-8-4)42-38-36-34-32-30-28-26-24-22-20-18-16-14-12-10-6-2/h43-50,53-54,57H,5-42,58H2,1-4H3. The fraction of sp³-hybridized carbons (Fsp3) is 0.789. The van der Waals surface area contributed by atoms with Gasteiger partial charge < -0.3 is 15.2 Å². The van der Waals surface area contributed by atoms with E-state index >= 15 is 0 Å². The van der Waals surface area contributed by atoms with Crippen molar-refractivity contribution in [3.8, 4) is 11.5 Å². The van der Waals surface area contributed by atoms with Gasteiger partial charge in [-0.3, -0.25) is 0 Å². The number of hydrogen-bond acceptors (Lipinski definition) is 3. The molecule has 0 aliphatic rings. The third-order valence-electron chi connectivity index (χ3n) is 13.1. The van der Waals surface area contributed by atoms with E-state index in [0.717, 1.165) is 61.2 Å². The van der Waals surface area contributed by atoms with E-state index in [1.54, 1.807) is 0 Å². The molecule has 0 saturated carbocycles. The summed E-state index contributed by atoms with van der Waals surface area (Å²) in [5, 5.41) is 0. The van der Waals surface area contributed by atoms with Crippen molar-refractivity contribution < 1.29 is 9.47 Å². The first-order chi connectivity index (χ1) is 29.6. The Kier molecular flexibility index (Phi) is 35.9. The molecule has 0 aliphatic carbocycles. The Morgan fingerprint density at radius 2 is 0.533 bits per heavy atom. The van der Waals surface area contributed by atoms with Gasteiger partial charge in [-0.2, -0.15) is 0 Å². The van der Waals surface area contributed by atoms with Gasteiger partial charge in [0, 0.05) is 0 Å². The average molecular weight is 832 g/mol. The topological polar surface area (TPSA) is 44.5 Å². The van der Waals surface area contributed by atoms with Crippen molar-refractivity contribution in [2.24, 2.45) is 5.73 Å². The Morgan fingerprint density at radius 3 is 0.767 bits per heavy atom. The molecular weight excluding hydrogens is 731 g/mol. The minimum Gasteiger partial charge on any atom is -0.490 e. The van der Waals surface area contributed by atoms with Gasteiger partial charge in [0.25, 0.3) is 0 Å². The van der Waals surface area contributed by atoms with Crippen LogP contribution in [0.2, 0.25) is 0 Å². The van der Waals surface area contributed by atoms with Crippen LogP contribution in [-0.2, 0) is 0 Å². The Balaban J connectivity index is 1.58. The zero-order valence-electron chi connectivity index (χ0n) is 40.6. The predicted molar refractivity (Wildman–Crippen MR) is 266 cm³/mol. The highest BCUT2D eigenvalue weighted by molar-refractivity contribution is 5.37. The third kappa shape index (κ3) is 29.3. The monoisotopic (exact) mass is 832 g/mol. The normalized spacial score (nSPS) is 13.1. The maximum Gasteiger partial charge on any atom is 0.119 e. The van der Waals surface area contributed by atoms with Gasteiger partial charge in [-0.15, -0.1) is 0 Å². The molecule has 0 aliphatic heterocycles. The zero-order chi connectivity index (χ0) is 43.0. The summed E-state index contributed by atoms with van der Waals surface area (Å²) in [6.45, 7) is 9.15. The van der Waals surface area contributed by atoms with E-state index < -0.39 is 0 Å². The number of unbranched alkanes of at least 4 members (excludes halogenated alkanes) is 30. The molecule has 60 heavy (non-hydrogen) atoms. The van der Waals surface area contributed by atoms with Crippen molar-refractivity contribution in [1.29, 1.82) is 0 Å². The fourth-order valence-electron chi connectivity index (χ4n) is 9.09. The number of ether oxygens (including phenoxy) is 2. The van der Waals surface area contributed by atoms with Crippen LogP contribution in [0.5, 0.6) is 11.5 Å². The number of hydrogen-bond donors (Lipinski definition) is 1. The molecule has 0 radical (unpaired) electrons. The molecule has 2 aromatic carbocycles. The summed E-state index contributed by atoms with van der Waals surface area (Å²) >= 11 is 0. The minimum absolute atomic E-state index is 0.166. The van der Waals surface area contributed by atoms with E-state index in [9.17, 15) is 0 Å². The molecule has 2 atom stereocenters. The van der Waals surface area contributed by atoms with Crippen LogP contribution in [0.25, 0.3) is 0 Å². The molecule has 0 spiro atoms. The van der Waals surface area contributed by atoms with Crippen LogP contribution in [0.4, 0.5) is 0 Å². The molecular formula is C57H101NO2. The summed E-state index contributed by atoms with van der Waals surface area (Å²) in [7, 11) is 0. The highest BCUT2D eigenvalue weighted by atomic mass is 16.5. The molecule has 3 nitrogen and oxygen atoms in total. The maximum atomic E-state index is 6.78. The molecule has 2 rings (SSSR count). The van der Waals surface area contributed by atoms with Crippen LogP contribution in [0, 0.1) is 0 Å². The molecule has 0 heterocycles. The predicted octanol–water partition coefficient (Wildman–Crippen LogP) is 19.1. The minimum atomic E-state index is -0.166. The van der Waals surface area contributed by atoms with Crippen LogP contribution in [-0.4, -0.2) is 12.2 Å². The van der Waals surface area contributed by atoms with Crippen molar-refractivity contribution >= 4 is 0 Å². The molecule has 0 fully saturated rings. The summed E-state index contributed by atoms with van der Waals surface area (Å²) in [6, 6.07) is 16.9. The largest absolute Gasteiger partial charge is 0.490 e. The second-order valence-corrected chi connectivity index (χ2v) is 18.9. The maximum absolute atomic E-state index is 6.78. The fourth-order valence-corrected chi connectivity index (χ4v) is 9.09. The Hall–Kier alpha value is -2.00. The van der Waals surface area contributed by atoms with Crippen LogP contribution < -0.4 is 15.2 Å². The molecule has 2 aromatic rings. The average Bonchev–Trinajstić information content (AvgIpc) is 3.26. The van der Waals surface area contributed by atoms with Gasteiger partial charge in [-0.1, -0.05) is 257 Å². The summed E-state index contributed by atoms with van der Waals surface area (Å²) in [5.74, 6) is 1.94. The van der Waals surface area contributed by atoms with Crippen molar-refractivity contribution in [3.63, 3.8) is 0 Å². The third-order valence-corrected chi connectivity index (χ3v) is 13.1. The quantitative estimate of drug-likeness (QED) is 0.0677. The lowest BCUT2D eigenvalue weighted by atomic mass is 9.99. The van der Waals surface area contributed by atoms with E-state index in [2.05, 4.69) is 76.2 Å². The first-order valence-corrected chi connectivity index (χ1v) is 26.9. The number of rotatable bonds is 44. The zero-order valence-corrected chi connectivity index (χ0v) is 40.6. The Labute approximate surface area is 374 Å². The smallest absolute Gasteiger partial charge is 0.119 e. The second-order valence-electron chi connectivity index (χ2n) is 18.9. The Morgan fingerprint density at radius 1 is 0.300 bits per heavy atom. The van der Waals surface area contributed by atoms with Crippen molar-refractivity contribution in [2.75, 3.05) is 0 Å². The lowest BCUT2D eigenvalue weighted by Crippen LogP contribution is -2.17. The van der Waals surface area contributed by atoms with Crippen LogP contribution in [0.1, 0.15) is 289 Å². The second kappa shape index (κ2) is 39.8. The van der Waals surface area contributed by atoms with E-state index in [4.69, 9.17) is 15.2 Å². The molecule has 0 amide bonds. The molecule has 0 saturated heterocycles. The lowest BCUT2D eigenvalue weighted by molar-refractivity contribution is 0.175. The van der Waals surface area contributed by atoms with E-state index in [1.165, 1.54) is 205 Å². The van der Waals surface area contributed by atoms with E-state index in [-0.39, 0.29) is 6.04 Å². The Bertz CT molecular complexity index is 1070. The summed E-state index contributed by atoms with van der Waals surface area (Å²) < 4.78 is 13.0. The van der Waals surface area contributed by atoms with Crippen LogP contribution in [0.15, 0.2) is 48.5 Å². The molecule has 2 unspecified atom stereocenters. The number of nitrogens with two attached hydrogens (primary N) is 1. The van der Waals surface area contributed by atoms with Crippen molar-refractivity contribution in [2.45, 2.75) is 290 Å². The van der Waals surface area contributed by atoms with Crippen LogP contribution >= 0.6 is 0 Å². The van der Waals surface area contributed by atoms with Gasteiger partial charge in [0.2, 0.25) is 0 Å². The van der Waals surface area contributed by atoms with E-state index in [1.807, 2.05) is 0 Å². The molecule has 0 aromatic heterocycles. The SMILES string of the molecule is CCCCCCCCCCCCCCCCCCC(CCC)Oc1ccc(C(N)c2ccc(OC(CCC)CCCCCCCCCCCCCCCCCC)cc2)cc1. The summed E-state index contributed by atoms with van der Waals surface area (Å²) in [6.07, 6.45) is 52.6. The van der Waals surface area contributed by atoms with Gasteiger partial charge >= 0.3 is 0 Å².